The molecule has 1 amide bonds. The minimum Gasteiger partial charge on any atom is -0.361 e. The van der Waals surface area contributed by atoms with Crippen molar-refractivity contribution in [1.29, 1.82) is 0 Å². The topological polar surface area (TPSA) is 161 Å². The zero-order valence-electron chi connectivity index (χ0n) is 15.0. The second-order valence-corrected chi connectivity index (χ2v) is 9.20. The van der Waals surface area contributed by atoms with Crippen LogP contribution in [0.25, 0.3) is 0 Å². The van der Waals surface area contributed by atoms with Gasteiger partial charge in [0.2, 0.25) is 10.0 Å². The van der Waals surface area contributed by atoms with Crippen molar-refractivity contribution in [1.82, 2.24) is 5.16 Å². The number of anilines is 2. The monoisotopic (exact) mass is 436 g/mol. The molecule has 0 aliphatic heterocycles. The normalized spacial score (nSPS) is 11.8. The number of carbonyl (C=O) groups is 1. The molecule has 0 saturated carbocycles. The lowest BCUT2D eigenvalue weighted by Gasteiger charge is -2.10. The summed E-state index contributed by atoms with van der Waals surface area (Å²) < 4.78 is 54.8. The van der Waals surface area contributed by atoms with E-state index >= 15 is 0 Å². The number of primary sulfonamides is 1. The lowest BCUT2D eigenvalue weighted by atomic mass is 10.2. The van der Waals surface area contributed by atoms with E-state index in [1.165, 1.54) is 18.3 Å². The minimum atomic E-state index is -3.99. The third-order valence-corrected chi connectivity index (χ3v) is 6.16. The fourth-order valence-corrected chi connectivity index (χ4v) is 3.96. The number of rotatable bonds is 6. The molecule has 10 nitrogen and oxygen atoms in total. The lowest BCUT2D eigenvalue weighted by Crippen LogP contribution is -2.15. The van der Waals surface area contributed by atoms with Crippen molar-refractivity contribution in [3.63, 3.8) is 0 Å². The summed E-state index contributed by atoms with van der Waals surface area (Å²) in [6.07, 6.45) is 1.28. The van der Waals surface area contributed by atoms with Crippen LogP contribution in [0.5, 0.6) is 0 Å². The van der Waals surface area contributed by atoms with Crippen LogP contribution in [0.15, 0.2) is 69.0 Å². The van der Waals surface area contributed by atoms with Crippen LogP contribution in [0.3, 0.4) is 0 Å². The Morgan fingerprint density at radius 2 is 1.62 bits per heavy atom. The molecule has 3 aromatic rings. The molecule has 0 spiro atoms. The van der Waals surface area contributed by atoms with Crippen LogP contribution in [-0.4, -0.2) is 27.9 Å². The quantitative estimate of drug-likeness (QED) is 0.529. The number of nitrogens with zero attached hydrogens (tertiary/aromatic N) is 1. The Kier molecular flexibility index (Phi) is 5.42. The van der Waals surface area contributed by atoms with E-state index in [1.54, 1.807) is 19.1 Å². The molecule has 12 heteroatoms. The highest BCUT2D eigenvalue weighted by molar-refractivity contribution is 7.92. The van der Waals surface area contributed by atoms with E-state index in [0.29, 0.717) is 11.4 Å². The Morgan fingerprint density at radius 3 is 2.21 bits per heavy atom. The Balaban J connectivity index is 1.78. The molecule has 3 rings (SSSR count). The SMILES string of the molecule is Cc1oncc1C(=O)Nc1cccc(NS(=O)(=O)c2ccc(S(N)(=O)=O)cc2)c1. The van der Waals surface area contributed by atoms with Crippen LogP contribution in [0, 0.1) is 6.92 Å². The predicted octanol–water partition coefficient (Wildman–Crippen LogP) is 1.68. The van der Waals surface area contributed by atoms with E-state index in [9.17, 15) is 21.6 Å². The first-order chi connectivity index (χ1) is 13.6. The third kappa shape index (κ3) is 4.80. The number of hydrogen-bond donors (Lipinski definition) is 3. The molecule has 0 fully saturated rings. The molecule has 0 saturated heterocycles. The van der Waals surface area contributed by atoms with Gasteiger partial charge in [-0.05, 0) is 49.4 Å². The van der Waals surface area contributed by atoms with E-state index < -0.39 is 26.0 Å². The average Bonchev–Trinajstić information content (AvgIpc) is 3.07. The molecule has 0 radical (unpaired) electrons. The molecular formula is C17H16N4O6S2. The molecule has 0 aliphatic rings. The van der Waals surface area contributed by atoms with Gasteiger partial charge in [0.05, 0.1) is 21.7 Å². The summed E-state index contributed by atoms with van der Waals surface area (Å²) in [6.45, 7) is 1.59. The molecule has 1 aromatic heterocycles. The molecule has 1 heterocycles. The maximum atomic E-state index is 12.5. The largest absolute Gasteiger partial charge is 0.361 e. The van der Waals surface area contributed by atoms with Crippen molar-refractivity contribution in [3.8, 4) is 0 Å². The number of carbonyl (C=O) groups excluding carboxylic acids is 1. The number of amides is 1. The molecule has 29 heavy (non-hydrogen) atoms. The fraction of sp³-hybridized carbons (Fsp3) is 0.0588. The maximum Gasteiger partial charge on any atom is 0.261 e. The first-order valence-corrected chi connectivity index (χ1v) is 11.1. The first-order valence-electron chi connectivity index (χ1n) is 8.05. The van der Waals surface area contributed by atoms with Crippen molar-refractivity contribution in [2.45, 2.75) is 16.7 Å². The Labute approximate surface area is 166 Å². The van der Waals surface area contributed by atoms with Crippen molar-refractivity contribution in [3.05, 3.63) is 66.1 Å². The van der Waals surface area contributed by atoms with E-state index in [2.05, 4.69) is 15.2 Å². The number of benzene rings is 2. The van der Waals surface area contributed by atoms with Gasteiger partial charge in [0, 0.05) is 5.69 Å². The van der Waals surface area contributed by atoms with E-state index in [4.69, 9.17) is 9.66 Å². The number of hydrogen-bond acceptors (Lipinski definition) is 7. The molecule has 0 bridgehead atoms. The van der Waals surface area contributed by atoms with Crippen molar-refractivity contribution < 1.29 is 26.2 Å². The number of nitrogens with one attached hydrogen (secondary N) is 2. The van der Waals surface area contributed by atoms with Crippen LogP contribution in [0.4, 0.5) is 11.4 Å². The highest BCUT2D eigenvalue weighted by Crippen LogP contribution is 2.21. The molecule has 0 aliphatic carbocycles. The summed E-state index contributed by atoms with van der Waals surface area (Å²) in [4.78, 5) is 11.9. The maximum absolute atomic E-state index is 12.5. The lowest BCUT2D eigenvalue weighted by molar-refractivity contribution is 0.102. The molecule has 0 atom stereocenters. The van der Waals surface area contributed by atoms with Crippen LogP contribution < -0.4 is 15.2 Å². The van der Waals surface area contributed by atoms with Crippen LogP contribution in [-0.2, 0) is 20.0 Å². The Hall–Kier alpha value is -3.22. The van der Waals surface area contributed by atoms with E-state index in [0.717, 1.165) is 24.3 Å². The van der Waals surface area contributed by atoms with Crippen molar-refractivity contribution >= 4 is 37.3 Å². The molecule has 0 unspecified atom stereocenters. The number of nitrogens with two attached hydrogens (primary N) is 1. The van der Waals surface area contributed by atoms with Gasteiger partial charge in [-0.3, -0.25) is 9.52 Å². The fourth-order valence-electron chi connectivity index (χ4n) is 2.40. The summed E-state index contributed by atoms with van der Waals surface area (Å²) in [5.41, 5.74) is 0.798. The number of aryl methyl sites for hydroxylation is 1. The van der Waals surface area contributed by atoms with Gasteiger partial charge in [0.1, 0.15) is 11.3 Å². The summed E-state index contributed by atoms with van der Waals surface area (Å²) >= 11 is 0. The zero-order valence-corrected chi connectivity index (χ0v) is 16.6. The van der Waals surface area contributed by atoms with Gasteiger partial charge in [-0.1, -0.05) is 11.2 Å². The smallest absolute Gasteiger partial charge is 0.261 e. The highest BCUT2D eigenvalue weighted by Gasteiger charge is 2.17. The second kappa shape index (κ2) is 7.66. The summed E-state index contributed by atoms with van der Waals surface area (Å²) in [5, 5.41) is 11.2. The van der Waals surface area contributed by atoms with Gasteiger partial charge in [-0.15, -0.1) is 0 Å². The minimum absolute atomic E-state index is 0.153. The van der Waals surface area contributed by atoms with Gasteiger partial charge in [-0.25, -0.2) is 22.0 Å². The van der Waals surface area contributed by atoms with Gasteiger partial charge >= 0.3 is 0 Å². The van der Waals surface area contributed by atoms with Crippen LogP contribution >= 0.6 is 0 Å². The van der Waals surface area contributed by atoms with Gasteiger partial charge < -0.3 is 9.84 Å². The van der Waals surface area contributed by atoms with Crippen LogP contribution in [0.1, 0.15) is 16.1 Å². The average molecular weight is 436 g/mol. The number of aromatic nitrogens is 1. The molecule has 4 N–H and O–H groups in total. The van der Waals surface area contributed by atoms with E-state index in [-0.39, 0.29) is 21.0 Å². The predicted molar refractivity (Wildman–Crippen MR) is 104 cm³/mol. The van der Waals surface area contributed by atoms with Gasteiger partial charge in [0.25, 0.3) is 15.9 Å². The molecule has 152 valence electrons. The highest BCUT2D eigenvalue weighted by atomic mass is 32.2. The molecular weight excluding hydrogens is 420 g/mol. The summed E-state index contributed by atoms with van der Waals surface area (Å²) in [6, 6.07) is 10.5. The van der Waals surface area contributed by atoms with Gasteiger partial charge in [0.15, 0.2) is 0 Å². The second-order valence-electron chi connectivity index (χ2n) is 5.95. The summed E-state index contributed by atoms with van der Waals surface area (Å²) in [7, 11) is -7.92. The van der Waals surface area contributed by atoms with Crippen molar-refractivity contribution in [2.24, 2.45) is 5.14 Å². The first kappa shape index (κ1) is 20.5. The zero-order chi connectivity index (χ0) is 21.2. The molecule has 2 aromatic carbocycles. The van der Waals surface area contributed by atoms with E-state index in [1.807, 2.05) is 0 Å². The Morgan fingerprint density at radius 1 is 1.00 bits per heavy atom. The summed E-state index contributed by atoms with van der Waals surface area (Å²) in [5.74, 6) is -0.107. The van der Waals surface area contributed by atoms with Crippen LogP contribution in [0.2, 0.25) is 0 Å². The van der Waals surface area contributed by atoms with Crippen molar-refractivity contribution in [2.75, 3.05) is 10.0 Å². The number of sulfonamides is 2. The standard InChI is InChI=1S/C17H16N4O6S2/c1-11-16(10-19-27-11)17(22)20-12-3-2-4-13(9-12)21-29(25,26)15-7-5-14(6-8-15)28(18,23)24/h2-10,21H,1H3,(H,20,22)(H2,18,23,24). The van der Waals surface area contributed by atoms with Gasteiger partial charge in [-0.2, -0.15) is 0 Å². The Bertz CT molecular complexity index is 1270. The third-order valence-electron chi connectivity index (χ3n) is 3.83.